The van der Waals surface area contributed by atoms with Crippen molar-refractivity contribution in [1.29, 1.82) is 0 Å². The molecule has 0 aliphatic rings. The van der Waals surface area contributed by atoms with Crippen LogP contribution in [0.5, 0.6) is 0 Å². The molecule has 4 heteroatoms. The summed E-state index contributed by atoms with van der Waals surface area (Å²) < 4.78 is 0. The zero-order valence-corrected chi connectivity index (χ0v) is 12.2. The number of benzene rings is 2. The number of fused-ring (bicyclic) bond motifs is 1. The van der Waals surface area contributed by atoms with Crippen molar-refractivity contribution in [1.82, 2.24) is 10.3 Å². The van der Waals surface area contributed by atoms with Crippen LogP contribution in [0.1, 0.15) is 11.1 Å². The number of H-pyrrole nitrogens is 1. The van der Waals surface area contributed by atoms with Gasteiger partial charge in [-0.1, -0.05) is 41.9 Å². The minimum absolute atomic E-state index is 0.0442. The molecule has 0 radical (unpaired) electrons. The summed E-state index contributed by atoms with van der Waals surface area (Å²) in [5, 5.41) is 5.05. The highest BCUT2D eigenvalue weighted by atomic mass is 35.5. The Hall–Kier alpha value is -2.10. The summed E-state index contributed by atoms with van der Waals surface area (Å²) in [6.07, 6.45) is 0. The summed E-state index contributed by atoms with van der Waals surface area (Å²) in [4.78, 5) is 14.9. The van der Waals surface area contributed by atoms with E-state index in [2.05, 4.69) is 10.3 Å². The summed E-state index contributed by atoms with van der Waals surface area (Å²) in [5.41, 5.74) is 2.69. The molecular weight excluding hydrogens is 284 g/mol. The van der Waals surface area contributed by atoms with Crippen molar-refractivity contribution in [2.24, 2.45) is 0 Å². The maximum atomic E-state index is 12.0. The van der Waals surface area contributed by atoms with E-state index in [9.17, 15) is 4.79 Å². The third kappa shape index (κ3) is 3.32. The van der Waals surface area contributed by atoms with Gasteiger partial charge in [-0.15, -0.1) is 0 Å². The highest BCUT2D eigenvalue weighted by molar-refractivity contribution is 6.30. The monoisotopic (exact) mass is 298 g/mol. The fraction of sp³-hybridized carbons (Fsp3) is 0.118. The summed E-state index contributed by atoms with van der Waals surface area (Å²) in [6.45, 7) is 1.23. The van der Waals surface area contributed by atoms with E-state index < -0.39 is 0 Å². The number of aromatic amines is 1. The van der Waals surface area contributed by atoms with E-state index in [1.165, 1.54) is 0 Å². The Kier molecular flexibility index (Phi) is 4.04. The lowest BCUT2D eigenvalue weighted by atomic mass is 10.1. The smallest absolute Gasteiger partial charge is 0.252 e. The molecule has 0 amide bonds. The first-order valence-electron chi connectivity index (χ1n) is 6.78. The number of para-hydroxylation sites is 1. The van der Waals surface area contributed by atoms with Crippen LogP contribution in [0.25, 0.3) is 10.9 Å². The van der Waals surface area contributed by atoms with Gasteiger partial charge in [0.2, 0.25) is 0 Å². The molecule has 2 aromatic carbocycles. The summed E-state index contributed by atoms with van der Waals surface area (Å²) >= 11 is 5.85. The number of hydrogen-bond acceptors (Lipinski definition) is 2. The van der Waals surface area contributed by atoms with Crippen LogP contribution in [0, 0.1) is 0 Å². The fourth-order valence-corrected chi connectivity index (χ4v) is 2.39. The van der Waals surface area contributed by atoms with Crippen molar-refractivity contribution in [3.05, 3.63) is 81.1 Å². The van der Waals surface area contributed by atoms with Gasteiger partial charge < -0.3 is 10.3 Å². The largest absolute Gasteiger partial charge is 0.322 e. The van der Waals surface area contributed by atoms with Crippen molar-refractivity contribution < 1.29 is 0 Å². The molecule has 3 aromatic rings. The van der Waals surface area contributed by atoms with E-state index in [1.54, 1.807) is 0 Å². The summed E-state index contributed by atoms with van der Waals surface area (Å²) in [7, 11) is 0. The quantitative estimate of drug-likeness (QED) is 0.774. The standard InChI is InChI=1S/C17H15ClN2O/c18-15-7-5-12(6-8-15)10-19-11-14-9-13-3-1-2-4-16(13)20-17(14)21/h1-9,19H,10-11H2,(H,20,21). The van der Waals surface area contributed by atoms with Gasteiger partial charge in [0.05, 0.1) is 0 Å². The van der Waals surface area contributed by atoms with Gasteiger partial charge in [0.25, 0.3) is 5.56 Å². The lowest BCUT2D eigenvalue weighted by Crippen LogP contribution is -2.20. The molecule has 106 valence electrons. The van der Waals surface area contributed by atoms with Gasteiger partial charge in [0, 0.05) is 29.2 Å². The van der Waals surface area contributed by atoms with Gasteiger partial charge in [0.15, 0.2) is 0 Å². The SMILES string of the molecule is O=c1[nH]c2ccccc2cc1CNCc1ccc(Cl)cc1. The lowest BCUT2D eigenvalue weighted by molar-refractivity contribution is 0.688. The van der Waals surface area contributed by atoms with Crippen LogP contribution in [0.2, 0.25) is 5.02 Å². The predicted octanol–water partition coefficient (Wildman–Crippen LogP) is 3.47. The van der Waals surface area contributed by atoms with Crippen LogP contribution < -0.4 is 10.9 Å². The molecule has 0 saturated heterocycles. The van der Waals surface area contributed by atoms with Gasteiger partial charge in [-0.25, -0.2) is 0 Å². The number of aromatic nitrogens is 1. The molecule has 1 aromatic heterocycles. The maximum Gasteiger partial charge on any atom is 0.252 e. The second kappa shape index (κ2) is 6.12. The topological polar surface area (TPSA) is 44.9 Å². The summed E-state index contributed by atoms with van der Waals surface area (Å²) in [5.74, 6) is 0. The molecule has 2 N–H and O–H groups in total. The van der Waals surface area contributed by atoms with Crippen molar-refractivity contribution in [3.63, 3.8) is 0 Å². The first kappa shape index (κ1) is 13.9. The molecule has 21 heavy (non-hydrogen) atoms. The second-order valence-electron chi connectivity index (χ2n) is 4.94. The zero-order valence-electron chi connectivity index (χ0n) is 11.4. The van der Waals surface area contributed by atoms with Crippen molar-refractivity contribution in [2.45, 2.75) is 13.1 Å². The normalized spacial score (nSPS) is 10.9. The maximum absolute atomic E-state index is 12.0. The number of hydrogen-bond donors (Lipinski definition) is 2. The molecule has 0 unspecified atom stereocenters. The average molecular weight is 299 g/mol. The molecule has 3 nitrogen and oxygen atoms in total. The van der Waals surface area contributed by atoms with E-state index >= 15 is 0 Å². The highest BCUT2D eigenvalue weighted by Crippen LogP contribution is 2.11. The highest BCUT2D eigenvalue weighted by Gasteiger charge is 2.02. The van der Waals surface area contributed by atoms with Crippen LogP contribution in [-0.2, 0) is 13.1 Å². The Morgan fingerprint density at radius 3 is 2.57 bits per heavy atom. The number of rotatable bonds is 4. The van der Waals surface area contributed by atoms with Crippen LogP contribution in [0.3, 0.4) is 0 Å². The van der Waals surface area contributed by atoms with Gasteiger partial charge in [0.1, 0.15) is 0 Å². The van der Waals surface area contributed by atoms with E-state index in [-0.39, 0.29) is 5.56 Å². The van der Waals surface area contributed by atoms with Gasteiger partial charge in [-0.05, 0) is 35.2 Å². The molecular formula is C17H15ClN2O. The Morgan fingerprint density at radius 2 is 1.76 bits per heavy atom. The molecule has 0 aliphatic carbocycles. The Labute approximate surface area is 127 Å². The van der Waals surface area contributed by atoms with E-state index in [0.717, 1.165) is 27.1 Å². The summed E-state index contributed by atoms with van der Waals surface area (Å²) in [6, 6.07) is 17.4. The fourth-order valence-electron chi connectivity index (χ4n) is 2.27. The van der Waals surface area contributed by atoms with Crippen molar-refractivity contribution in [2.75, 3.05) is 0 Å². The molecule has 0 aliphatic heterocycles. The Morgan fingerprint density at radius 1 is 1.00 bits per heavy atom. The number of halogens is 1. The lowest BCUT2D eigenvalue weighted by Gasteiger charge is -2.06. The van der Waals surface area contributed by atoms with E-state index in [1.807, 2.05) is 54.6 Å². The van der Waals surface area contributed by atoms with E-state index in [4.69, 9.17) is 11.6 Å². The predicted molar refractivity (Wildman–Crippen MR) is 86.6 cm³/mol. The first-order valence-corrected chi connectivity index (χ1v) is 7.16. The van der Waals surface area contributed by atoms with Crippen LogP contribution >= 0.6 is 11.6 Å². The van der Waals surface area contributed by atoms with Crippen LogP contribution in [0.15, 0.2) is 59.4 Å². The molecule has 0 spiro atoms. The molecule has 0 fully saturated rings. The third-order valence-electron chi connectivity index (χ3n) is 3.39. The minimum atomic E-state index is -0.0442. The van der Waals surface area contributed by atoms with Crippen LogP contribution in [-0.4, -0.2) is 4.98 Å². The molecule has 0 saturated carbocycles. The number of pyridine rings is 1. The van der Waals surface area contributed by atoms with Crippen molar-refractivity contribution in [3.8, 4) is 0 Å². The molecule has 0 atom stereocenters. The average Bonchev–Trinajstić information content (AvgIpc) is 2.50. The van der Waals surface area contributed by atoms with Crippen LogP contribution in [0.4, 0.5) is 0 Å². The van der Waals surface area contributed by atoms with Gasteiger partial charge in [-0.2, -0.15) is 0 Å². The molecule has 1 heterocycles. The Balaban J connectivity index is 1.71. The zero-order chi connectivity index (χ0) is 14.7. The van der Waals surface area contributed by atoms with Gasteiger partial charge >= 0.3 is 0 Å². The number of nitrogens with one attached hydrogen (secondary N) is 2. The van der Waals surface area contributed by atoms with Crippen molar-refractivity contribution >= 4 is 22.5 Å². The van der Waals surface area contributed by atoms with Gasteiger partial charge in [-0.3, -0.25) is 4.79 Å². The molecule has 3 rings (SSSR count). The van der Waals surface area contributed by atoms with E-state index in [0.29, 0.717) is 13.1 Å². The third-order valence-corrected chi connectivity index (χ3v) is 3.64. The second-order valence-corrected chi connectivity index (χ2v) is 5.38. The molecule has 0 bridgehead atoms. The Bertz CT molecular complexity index is 809. The minimum Gasteiger partial charge on any atom is -0.322 e. The first-order chi connectivity index (χ1) is 10.2.